The summed E-state index contributed by atoms with van der Waals surface area (Å²) < 4.78 is 0.996. The van der Waals surface area contributed by atoms with Crippen LogP contribution in [-0.2, 0) is 0 Å². The molecule has 0 saturated heterocycles. The van der Waals surface area contributed by atoms with E-state index in [1.807, 2.05) is 0 Å². The number of hydrogen-bond donors (Lipinski definition) is 0. The molecule has 7 rings (SSSR count). The predicted molar refractivity (Wildman–Crippen MR) is 194 cm³/mol. The standard InChI is InChI=1S/C42H31BrN2/c43-36-29-41(44(37-20-10-3-11-21-37)38-22-12-4-13-23-38)31-42(30-36)45(39-24-14-5-15-25-39)40-27-34(32-16-6-1-7-17-32)26-35(28-40)33-18-8-2-9-19-33/h1-31H. The summed E-state index contributed by atoms with van der Waals surface area (Å²) in [5.41, 5.74) is 11.1. The summed E-state index contributed by atoms with van der Waals surface area (Å²) in [6.45, 7) is 0. The third-order valence-corrected chi connectivity index (χ3v) is 8.27. The molecule has 0 unspecified atom stereocenters. The summed E-state index contributed by atoms with van der Waals surface area (Å²) in [5, 5.41) is 0. The fourth-order valence-corrected chi connectivity index (χ4v) is 6.25. The van der Waals surface area contributed by atoms with Gasteiger partial charge in [0.05, 0.1) is 0 Å². The van der Waals surface area contributed by atoms with E-state index in [0.29, 0.717) is 0 Å². The van der Waals surface area contributed by atoms with Gasteiger partial charge in [0.25, 0.3) is 0 Å². The first-order valence-corrected chi connectivity index (χ1v) is 15.8. The van der Waals surface area contributed by atoms with Crippen molar-refractivity contribution in [2.24, 2.45) is 0 Å². The third kappa shape index (κ3) is 6.31. The highest BCUT2D eigenvalue weighted by Crippen LogP contribution is 2.44. The van der Waals surface area contributed by atoms with E-state index in [-0.39, 0.29) is 0 Å². The molecule has 0 N–H and O–H groups in total. The van der Waals surface area contributed by atoms with Gasteiger partial charge in [0, 0.05) is 38.6 Å². The van der Waals surface area contributed by atoms with Crippen molar-refractivity contribution in [3.05, 3.63) is 193 Å². The van der Waals surface area contributed by atoms with Crippen LogP contribution in [0.3, 0.4) is 0 Å². The summed E-state index contributed by atoms with van der Waals surface area (Å²) in [7, 11) is 0. The van der Waals surface area contributed by atoms with E-state index in [4.69, 9.17) is 0 Å². The number of anilines is 6. The van der Waals surface area contributed by atoms with Crippen molar-refractivity contribution in [3.8, 4) is 22.3 Å². The van der Waals surface area contributed by atoms with E-state index in [2.05, 4.69) is 214 Å². The molecule has 0 heterocycles. The van der Waals surface area contributed by atoms with Crippen molar-refractivity contribution in [1.29, 1.82) is 0 Å². The van der Waals surface area contributed by atoms with Crippen LogP contribution in [0.25, 0.3) is 22.3 Å². The number of benzene rings is 7. The topological polar surface area (TPSA) is 6.48 Å². The van der Waals surface area contributed by atoms with E-state index in [0.717, 1.165) is 38.6 Å². The van der Waals surface area contributed by atoms with Crippen LogP contribution in [0.1, 0.15) is 0 Å². The molecule has 0 aromatic heterocycles. The van der Waals surface area contributed by atoms with Gasteiger partial charge in [-0.15, -0.1) is 0 Å². The zero-order chi connectivity index (χ0) is 30.4. The molecule has 0 radical (unpaired) electrons. The molecule has 7 aromatic rings. The van der Waals surface area contributed by atoms with E-state index in [1.165, 1.54) is 22.3 Å². The first kappa shape index (κ1) is 28.4. The van der Waals surface area contributed by atoms with Crippen molar-refractivity contribution < 1.29 is 0 Å². The molecule has 0 aliphatic heterocycles. The van der Waals surface area contributed by atoms with Crippen LogP contribution in [0.15, 0.2) is 193 Å². The maximum absolute atomic E-state index is 3.89. The van der Waals surface area contributed by atoms with Gasteiger partial charge < -0.3 is 9.80 Å². The van der Waals surface area contributed by atoms with Crippen LogP contribution >= 0.6 is 15.9 Å². The lowest BCUT2D eigenvalue weighted by atomic mass is 9.97. The van der Waals surface area contributed by atoms with Gasteiger partial charge in [-0.25, -0.2) is 0 Å². The molecular weight excluding hydrogens is 612 g/mol. The molecule has 216 valence electrons. The fourth-order valence-electron chi connectivity index (χ4n) is 5.78. The van der Waals surface area contributed by atoms with Crippen molar-refractivity contribution in [1.82, 2.24) is 0 Å². The monoisotopic (exact) mass is 642 g/mol. The Bertz CT molecular complexity index is 1900. The second-order valence-electron chi connectivity index (χ2n) is 10.8. The van der Waals surface area contributed by atoms with Gasteiger partial charge in [0.1, 0.15) is 0 Å². The van der Waals surface area contributed by atoms with Crippen molar-refractivity contribution in [3.63, 3.8) is 0 Å². The molecule has 0 spiro atoms. The average molecular weight is 644 g/mol. The maximum Gasteiger partial charge on any atom is 0.0493 e. The molecule has 0 aliphatic rings. The van der Waals surface area contributed by atoms with E-state index in [9.17, 15) is 0 Å². The number of rotatable bonds is 8. The zero-order valence-electron chi connectivity index (χ0n) is 24.7. The molecule has 2 nitrogen and oxygen atoms in total. The second kappa shape index (κ2) is 13.1. The minimum absolute atomic E-state index is 0.996. The van der Waals surface area contributed by atoms with Gasteiger partial charge in [-0.3, -0.25) is 0 Å². The number of nitrogens with zero attached hydrogens (tertiary/aromatic N) is 2. The predicted octanol–water partition coefficient (Wildman–Crippen LogP) is 12.7. The second-order valence-corrected chi connectivity index (χ2v) is 11.8. The average Bonchev–Trinajstić information content (AvgIpc) is 3.10. The lowest BCUT2D eigenvalue weighted by molar-refractivity contribution is 1.24. The number of halogens is 1. The molecule has 7 aromatic carbocycles. The Labute approximate surface area is 273 Å². The normalized spacial score (nSPS) is 10.8. The quantitative estimate of drug-likeness (QED) is 0.163. The van der Waals surface area contributed by atoms with E-state index >= 15 is 0 Å². The number of para-hydroxylation sites is 3. The van der Waals surface area contributed by atoms with Crippen molar-refractivity contribution in [2.75, 3.05) is 9.80 Å². The summed E-state index contributed by atoms with van der Waals surface area (Å²) in [6, 6.07) is 66.4. The van der Waals surface area contributed by atoms with E-state index in [1.54, 1.807) is 0 Å². The first-order valence-electron chi connectivity index (χ1n) is 15.0. The fraction of sp³-hybridized carbons (Fsp3) is 0. The summed E-state index contributed by atoms with van der Waals surface area (Å²) in [5.74, 6) is 0. The SMILES string of the molecule is Brc1cc(N(c2ccccc2)c2ccccc2)cc(N(c2ccccc2)c2cc(-c3ccccc3)cc(-c3ccccc3)c2)c1. The first-order chi connectivity index (χ1) is 22.2. The molecule has 0 saturated carbocycles. The van der Waals surface area contributed by atoms with Gasteiger partial charge in [-0.1, -0.05) is 131 Å². The van der Waals surface area contributed by atoms with Gasteiger partial charge in [0.15, 0.2) is 0 Å². The van der Waals surface area contributed by atoms with Crippen molar-refractivity contribution in [2.45, 2.75) is 0 Å². The Hall–Kier alpha value is -5.38. The number of hydrogen-bond acceptors (Lipinski definition) is 2. The van der Waals surface area contributed by atoms with Gasteiger partial charge in [-0.2, -0.15) is 0 Å². The Kier molecular flexibility index (Phi) is 8.26. The molecular formula is C42H31BrN2. The molecule has 0 amide bonds. The lowest BCUT2D eigenvalue weighted by Gasteiger charge is -2.30. The van der Waals surface area contributed by atoms with Crippen LogP contribution in [0.2, 0.25) is 0 Å². The molecule has 0 fully saturated rings. The minimum atomic E-state index is 0.996. The van der Waals surface area contributed by atoms with E-state index < -0.39 is 0 Å². The Morgan fingerprint density at radius 3 is 0.956 bits per heavy atom. The highest BCUT2D eigenvalue weighted by atomic mass is 79.9. The van der Waals surface area contributed by atoms with Crippen LogP contribution < -0.4 is 9.80 Å². The van der Waals surface area contributed by atoms with Gasteiger partial charge in [0.2, 0.25) is 0 Å². The van der Waals surface area contributed by atoms with Gasteiger partial charge >= 0.3 is 0 Å². The summed E-state index contributed by atoms with van der Waals surface area (Å²) in [6.07, 6.45) is 0. The summed E-state index contributed by atoms with van der Waals surface area (Å²) >= 11 is 3.89. The lowest BCUT2D eigenvalue weighted by Crippen LogP contribution is -2.13. The largest absolute Gasteiger partial charge is 0.310 e. The van der Waals surface area contributed by atoms with Crippen molar-refractivity contribution >= 4 is 50.1 Å². The maximum atomic E-state index is 3.89. The zero-order valence-corrected chi connectivity index (χ0v) is 26.3. The highest BCUT2D eigenvalue weighted by Gasteiger charge is 2.19. The van der Waals surface area contributed by atoms with Crippen LogP contribution in [0.5, 0.6) is 0 Å². The molecule has 0 atom stereocenters. The smallest absolute Gasteiger partial charge is 0.0493 e. The molecule has 0 bridgehead atoms. The Balaban J connectivity index is 1.45. The van der Waals surface area contributed by atoms with Crippen LogP contribution in [0.4, 0.5) is 34.1 Å². The minimum Gasteiger partial charge on any atom is -0.310 e. The summed E-state index contributed by atoms with van der Waals surface area (Å²) in [4.78, 5) is 4.65. The van der Waals surface area contributed by atoms with Crippen LogP contribution in [-0.4, -0.2) is 0 Å². The van der Waals surface area contributed by atoms with Crippen LogP contribution in [0, 0.1) is 0 Å². The molecule has 0 aliphatic carbocycles. The molecule has 45 heavy (non-hydrogen) atoms. The third-order valence-electron chi connectivity index (χ3n) is 7.82. The Morgan fingerprint density at radius 2 is 0.578 bits per heavy atom. The molecule has 3 heteroatoms. The Morgan fingerprint density at radius 1 is 0.267 bits per heavy atom. The van der Waals surface area contributed by atoms with Gasteiger partial charge in [-0.05, 0) is 95.1 Å². The highest BCUT2D eigenvalue weighted by molar-refractivity contribution is 9.10.